The maximum absolute atomic E-state index is 2.44. The number of hydrogen-bond donors (Lipinski definition) is 0. The van der Waals surface area contributed by atoms with Gasteiger partial charge in [0.2, 0.25) is 0 Å². The molecule has 0 aromatic carbocycles. The third kappa shape index (κ3) is 21.2. The predicted molar refractivity (Wildman–Crippen MR) is 138 cm³/mol. The molecule has 0 rings (SSSR count). The summed E-state index contributed by atoms with van der Waals surface area (Å²) in [4.78, 5) is 0. The van der Waals surface area contributed by atoms with Gasteiger partial charge in [-0.2, -0.15) is 0 Å². The molecular formula is C28H62N2+2. The van der Waals surface area contributed by atoms with Crippen molar-refractivity contribution in [3.63, 3.8) is 0 Å². The SMILES string of the molecule is CCCCCCCCC[N+](C)(C)CCCCCC[N+](C)(C)CCCCCCCCC. The average molecular weight is 427 g/mol. The van der Waals surface area contributed by atoms with E-state index in [2.05, 4.69) is 42.0 Å². The molecule has 0 unspecified atom stereocenters. The third-order valence-corrected chi connectivity index (χ3v) is 7.01. The molecule has 0 aromatic heterocycles. The Bertz CT molecular complexity index is 315. The number of unbranched alkanes of at least 4 members (excludes halogenated alkanes) is 15. The highest BCUT2D eigenvalue weighted by Crippen LogP contribution is 2.13. The molecule has 0 aliphatic rings. The zero-order valence-corrected chi connectivity index (χ0v) is 22.5. The molecule has 0 saturated heterocycles. The molecule has 0 aromatic rings. The lowest BCUT2D eigenvalue weighted by atomic mass is 10.1. The van der Waals surface area contributed by atoms with Gasteiger partial charge in [-0.05, 0) is 51.4 Å². The van der Waals surface area contributed by atoms with Crippen LogP contribution >= 0.6 is 0 Å². The van der Waals surface area contributed by atoms with Gasteiger partial charge in [0.25, 0.3) is 0 Å². The highest BCUT2D eigenvalue weighted by molar-refractivity contribution is 4.49. The minimum absolute atomic E-state index is 1.23. The quantitative estimate of drug-likeness (QED) is 0.114. The minimum Gasteiger partial charge on any atom is -0.328 e. The summed E-state index contributed by atoms with van der Waals surface area (Å²) in [6, 6.07) is 0. The van der Waals surface area contributed by atoms with Crippen molar-refractivity contribution in [1.29, 1.82) is 0 Å². The van der Waals surface area contributed by atoms with Gasteiger partial charge in [0.1, 0.15) is 0 Å². The van der Waals surface area contributed by atoms with Gasteiger partial charge in [0.15, 0.2) is 0 Å². The summed E-state index contributed by atoms with van der Waals surface area (Å²) in [5, 5.41) is 0. The molecule has 2 heteroatoms. The van der Waals surface area contributed by atoms with Crippen LogP contribution in [0.1, 0.15) is 129 Å². The van der Waals surface area contributed by atoms with Crippen LogP contribution in [0.3, 0.4) is 0 Å². The number of nitrogens with zero attached hydrogens (tertiary/aromatic N) is 2. The van der Waals surface area contributed by atoms with Gasteiger partial charge < -0.3 is 8.97 Å². The molecule has 0 aliphatic carbocycles. The van der Waals surface area contributed by atoms with E-state index in [1.165, 1.54) is 151 Å². The van der Waals surface area contributed by atoms with Crippen LogP contribution in [0, 0.1) is 0 Å². The molecule has 0 atom stereocenters. The van der Waals surface area contributed by atoms with E-state index in [1.54, 1.807) is 0 Å². The van der Waals surface area contributed by atoms with Gasteiger partial charge in [-0.1, -0.05) is 78.1 Å². The van der Waals surface area contributed by atoms with Crippen LogP contribution in [-0.4, -0.2) is 63.3 Å². The Morgan fingerprint density at radius 1 is 0.300 bits per heavy atom. The molecule has 2 nitrogen and oxygen atoms in total. The maximum atomic E-state index is 2.44. The largest absolute Gasteiger partial charge is 0.328 e. The smallest absolute Gasteiger partial charge is 0.0782 e. The van der Waals surface area contributed by atoms with Crippen LogP contribution in [0.2, 0.25) is 0 Å². The molecule has 30 heavy (non-hydrogen) atoms. The molecule has 182 valence electrons. The molecule has 0 spiro atoms. The summed E-state index contributed by atoms with van der Waals surface area (Å²) >= 11 is 0. The van der Waals surface area contributed by atoms with Crippen molar-refractivity contribution in [2.45, 2.75) is 129 Å². The molecule has 0 amide bonds. The predicted octanol–water partition coefficient (Wildman–Crippen LogP) is 8.20. The lowest BCUT2D eigenvalue weighted by molar-refractivity contribution is -0.891. The van der Waals surface area contributed by atoms with Crippen molar-refractivity contribution in [3.05, 3.63) is 0 Å². The topological polar surface area (TPSA) is 0 Å². The second kappa shape index (κ2) is 19.6. The lowest BCUT2D eigenvalue weighted by Crippen LogP contribution is -2.41. The van der Waals surface area contributed by atoms with Crippen molar-refractivity contribution >= 4 is 0 Å². The Morgan fingerprint density at radius 3 is 0.733 bits per heavy atom. The molecule has 0 saturated carbocycles. The molecule has 0 aliphatic heterocycles. The van der Waals surface area contributed by atoms with Crippen LogP contribution in [-0.2, 0) is 0 Å². The molecule has 0 fully saturated rings. The summed E-state index contributed by atoms with van der Waals surface area (Å²) < 4.78 is 2.46. The first kappa shape index (κ1) is 29.9. The van der Waals surface area contributed by atoms with E-state index >= 15 is 0 Å². The minimum atomic E-state index is 1.23. The Kier molecular flexibility index (Phi) is 19.5. The Labute approximate surface area is 193 Å². The van der Waals surface area contributed by atoms with E-state index in [0.29, 0.717) is 0 Å². The monoisotopic (exact) mass is 426 g/mol. The van der Waals surface area contributed by atoms with Crippen LogP contribution < -0.4 is 0 Å². The first-order valence-electron chi connectivity index (χ1n) is 14.0. The van der Waals surface area contributed by atoms with Crippen LogP contribution in [0.4, 0.5) is 0 Å². The highest BCUT2D eigenvalue weighted by atomic mass is 15.3. The number of rotatable bonds is 23. The average Bonchev–Trinajstić information content (AvgIpc) is 2.69. The van der Waals surface area contributed by atoms with Crippen molar-refractivity contribution in [3.8, 4) is 0 Å². The Morgan fingerprint density at radius 2 is 0.500 bits per heavy atom. The maximum Gasteiger partial charge on any atom is 0.0782 e. The van der Waals surface area contributed by atoms with Gasteiger partial charge in [-0.3, -0.25) is 0 Å². The normalized spacial score (nSPS) is 12.6. The molecule has 0 heterocycles. The molecule has 0 radical (unpaired) electrons. The zero-order valence-electron chi connectivity index (χ0n) is 22.5. The summed E-state index contributed by atoms with van der Waals surface area (Å²) in [5.74, 6) is 0. The van der Waals surface area contributed by atoms with E-state index in [9.17, 15) is 0 Å². The van der Waals surface area contributed by atoms with Crippen molar-refractivity contribution in [2.24, 2.45) is 0 Å². The first-order chi connectivity index (χ1) is 14.3. The van der Waals surface area contributed by atoms with Crippen molar-refractivity contribution in [1.82, 2.24) is 0 Å². The Balaban J connectivity index is 3.57. The van der Waals surface area contributed by atoms with E-state index in [1.807, 2.05) is 0 Å². The van der Waals surface area contributed by atoms with E-state index in [0.717, 1.165) is 0 Å². The fourth-order valence-corrected chi connectivity index (χ4v) is 4.65. The van der Waals surface area contributed by atoms with E-state index in [4.69, 9.17) is 0 Å². The van der Waals surface area contributed by atoms with Gasteiger partial charge in [-0.15, -0.1) is 0 Å². The number of hydrogen-bond acceptors (Lipinski definition) is 0. The Hall–Kier alpha value is -0.0800. The van der Waals surface area contributed by atoms with Crippen LogP contribution in [0.15, 0.2) is 0 Å². The third-order valence-electron chi connectivity index (χ3n) is 7.01. The molecule has 0 bridgehead atoms. The summed E-state index contributed by atoms with van der Waals surface area (Å²) in [6.45, 7) is 10.1. The van der Waals surface area contributed by atoms with Gasteiger partial charge >= 0.3 is 0 Å². The second-order valence-electron chi connectivity index (χ2n) is 11.4. The van der Waals surface area contributed by atoms with E-state index < -0.39 is 0 Å². The van der Waals surface area contributed by atoms with Gasteiger partial charge in [-0.25, -0.2) is 0 Å². The van der Waals surface area contributed by atoms with E-state index in [-0.39, 0.29) is 0 Å². The number of quaternary nitrogens is 2. The zero-order chi connectivity index (χ0) is 22.6. The second-order valence-corrected chi connectivity index (χ2v) is 11.4. The van der Waals surface area contributed by atoms with Crippen molar-refractivity contribution < 1.29 is 8.97 Å². The fraction of sp³-hybridized carbons (Fsp3) is 1.00. The van der Waals surface area contributed by atoms with Crippen molar-refractivity contribution in [2.75, 3.05) is 54.4 Å². The molecular weight excluding hydrogens is 364 g/mol. The summed E-state index contributed by atoms with van der Waals surface area (Å²) in [5.41, 5.74) is 0. The summed E-state index contributed by atoms with van der Waals surface area (Å²) in [7, 11) is 9.78. The first-order valence-corrected chi connectivity index (χ1v) is 14.0. The standard InChI is InChI=1S/C28H62N2/c1-7-9-11-13-15-17-21-25-29(3,4)27-23-19-20-24-28-30(5,6)26-22-18-16-14-12-10-8-2/h7-28H2,1-6H3/q+2. The highest BCUT2D eigenvalue weighted by Gasteiger charge is 2.15. The van der Waals surface area contributed by atoms with Crippen LogP contribution in [0.25, 0.3) is 0 Å². The summed E-state index contributed by atoms with van der Waals surface area (Å²) in [6.07, 6.45) is 25.7. The molecule has 0 N–H and O–H groups in total. The lowest BCUT2D eigenvalue weighted by Gasteiger charge is -2.31. The van der Waals surface area contributed by atoms with Crippen LogP contribution in [0.5, 0.6) is 0 Å². The van der Waals surface area contributed by atoms with Gasteiger partial charge in [0, 0.05) is 0 Å². The fourth-order valence-electron chi connectivity index (χ4n) is 4.65. The van der Waals surface area contributed by atoms with Gasteiger partial charge in [0.05, 0.1) is 54.4 Å².